The third-order valence-corrected chi connectivity index (χ3v) is 5.12. The van der Waals surface area contributed by atoms with Crippen molar-refractivity contribution >= 4 is 23.5 Å². The molecule has 30 heavy (non-hydrogen) atoms. The summed E-state index contributed by atoms with van der Waals surface area (Å²) in [6, 6.07) is 11.8. The van der Waals surface area contributed by atoms with Gasteiger partial charge in [0.15, 0.2) is 0 Å². The lowest BCUT2D eigenvalue weighted by Gasteiger charge is -2.26. The van der Waals surface area contributed by atoms with Crippen molar-refractivity contribution < 1.29 is 24.2 Å². The average molecular weight is 428 g/mol. The highest BCUT2D eigenvalue weighted by Crippen LogP contribution is 2.32. The van der Waals surface area contributed by atoms with Crippen molar-refractivity contribution in [3.05, 3.63) is 77.4 Å². The van der Waals surface area contributed by atoms with E-state index in [0.717, 1.165) is 0 Å². The first-order valence-corrected chi connectivity index (χ1v) is 9.79. The van der Waals surface area contributed by atoms with Crippen LogP contribution in [0.1, 0.15) is 23.2 Å². The number of nitrogens with one attached hydrogen (secondary N) is 1. The van der Waals surface area contributed by atoms with Gasteiger partial charge in [-0.1, -0.05) is 42.0 Å². The predicted octanol–water partition coefficient (Wildman–Crippen LogP) is 4.85. The predicted molar refractivity (Wildman–Crippen MR) is 114 cm³/mol. The molecule has 2 aromatic rings. The number of hydrogen-bond donors (Lipinski definition) is 2. The highest BCUT2D eigenvalue weighted by molar-refractivity contribution is 6.31. The van der Waals surface area contributed by atoms with E-state index in [1.807, 2.05) is 12.2 Å². The number of carbonyl (C=O) groups is 2. The lowest BCUT2D eigenvalue weighted by atomic mass is 9.79. The molecule has 0 aliphatic heterocycles. The minimum atomic E-state index is -1.02. The van der Waals surface area contributed by atoms with Crippen LogP contribution in [-0.4, -0.2) is 30.6 Å². The third-order valence-electron chi connectivity index (χ3n) is 4.88. The van der Waals surface area contributed by atoms with Crippen LogP contribution in [0, 0.1) is 5.41 Å². The Morgan fingerprint density at radius 2 is 1.97 bits per heavy atom. The molecule has 2 N–H and O–H groups in total. The number of carboxylic acids is 1. The number of aliphatic carboxylic acids is 1. The van der Waals surface area contributed by atoms with Gasteiger partial charge in [0.25, 0.3) is 5.91 Å². The normalized spacial score (nSPS) is 17.4. The summed E-state index contributed by atoms with van der Waals surface area (Å²) in [6.07, 6.45) is 7.66. The molecule has 156 valence electrons. The van der Waals surface area contributed by atoms with Gasteiger partial charge in [0.05, 0.1) is 18.1 Å². The molecule has 0 spiro atoms. The SMILES string of the molecule is COc1cccc(Oc2ccc(Cl)cc2C(=O)NCC[C@]2(C(=O)O)C=CC=CC2)c1. The average Bonchev–Trinajstić information content (AvgIpc) is 2.75. The Hall–Kier alpha value is -3.25. The van der Waals surface area contributed by atoms with Crippen molar-refractivity contribution in [3.63, 3.8) is 0 Å². The van der Waals surface area contributed by atoms with Gasteiger partial charge in [0, 0.05) is 17.6 Å². The van der Waals surface area contributed by atoms with Gasteiger partial charge in [-0.3, -0.25) is 9.59 Å². The molecule has 0 saturated heterocycles. The minimum absolute atomic E-state index is 0.189. The summed E-state index contributed by atoms with van der Waals surface area (Å²) in [5.41, 5.74) is -0.759. The maximum Gasteiger partial charge on any atom is 0.313 e. The number of allylic oxidation sites excluding steroid dienone is 3. The van der Waals surface area contributed by atoms with Crippen LogP contribution in [0.5, 0.6) is 17.2 Å². The number of methoxy groups -OCH3 is 1. The summed E-state index contributed by atoms with van der Waals surface area (Å²) in [6.45, 7) is 0.189. The Morgan fingerprint density at radius 3 is 2.67 bits per heavy atom. The van der Waals surface area contributed by atoms with Gasteiger partial charge in [0.1, 0.15) is 17.2 Å². The van der Waals surface area contributed by atoms with Crippen LogP contribution in [0.3, 0.4) is 0 Å². The van der Waals surface area contributed by atoms with Crippen molar-refractivity contribution in [2.45, 2.75) is 12.8 Å². The summed E-state index contributed by atoms with van der Waals surface area (Å²) in [5.74, 6) is 0.155. The van der Waals surface area contributed by atoms with Crippen LogP contribution in [-0.2, 0) is 4.79 Å². The number of hydrogen-bond acceptors (Lipinski definition) is 4. The standard InChI is InChI=1S/C23H22ClNO5/c1-29-17-6-5-7-18(15-17)30-20-9-8-16(24)14-19(20)21(26)25-13-12-23(22(27)28)10-3-2-4-11-23/h2-10,14-15H,11-13H2,1H3,(H,25,26)(H,27,28)/t23-/m0/s1. The van der Waals surface area contributed by atoms with Crippen molar-refractivity contribution in [3.8, 4) is 17.2 Å². The molecule has 0 heterocycles. The minimum Gasteiger partial charge on any atom is -0.497 e. The van der Waals surface area contributed by atoms with Crippen molar-refractivity contribution in [2.75, 3.05) is 13.7 Å². The van der Waals surface area contributed by atoms with E-state index in [0.29, 0.717) is 28.7 Å². The lowest BCUT2D eigenvalue weighted by molar-refractivity contribution is -0.146. The summed E-state index contributed by atoms with van der Waals surface area (Å²) in [5, 5.41) is 12.8. The number of carbonyl (C=O) groups excluding carboxylic acids is 1. The van der Waals surface area contributed by atoms with E-state index < -0.39 is 17.3 Å². The molecule has 0 fully saturated rings. The van der Waals surface area contributed by atoms with E-state index in [4.69, 9.17) is 21.1 Å². The zero-order chi connectivity index (χ0) is 21.6. The molecule has 0 bridgehead atoms. The van der Waals surface area contributed by atoms with Crippen LogP contribution in [0.15, 0.2) is 66.8 Å². The number of carboxylic acid groups (broad SMARTS) is 1. The van der Waals surface area contributed by atoms with Gasteiger partial charge >= 0.3 is 5.97 Å². The zero-order valence-corrected chi connectivity index (χ0v) is 17.2. The van der Waals surface area contributed by atoms with E-state index >= 15 is 0 Å². The third kappa shape index (κ3) is 5.02. The van der Waals surface area contributed by atoms with E-state index in [9.17, 15) is 14.7 Å². The van der Waals surface area contributed by atoms with Gasteiger partial charge in [0.2, 0.25) is 0 Å². The quantitative estimate of drug-likeness (QED) is 0.629. The molecule has 0 radical (unpaired) electrons. The van der Waals surface area contributed by atoms with E-state index in [2.05, 4.69) is 5.32 Å². The van der Waals surface area contributed by atoms with Crippen molar-refractivity contribution in [2.24, 2.45) is 5.41 Å². The largest absolute Gasteiger partial charge is 0.497 e. The first-order chi connectivity index (χ1) is 14.4. The Balaban J connectivity index is 1.72. The Morgan fingerprint density at radius 1 is 1.17 bits per heavy atom. The van der Waals surface area contributed by atoms with E-state index in [-0.39, 0.29) is 18.5 Å². The van der Waals surface area contributed by atoms with Gasteiger partial charge in [-0.2, -0.15) is 0 Å². The highest BCUT2D eigenvalue weighted by Gasteiger charge is 2.35. The second kappa shape index (κ2) is 9.50. The Kier molecular flexibility index (Phi) is 6.79. The molecule has 3 rings (SSSR count). The van der Waals surface area contributed by atoms with Gasteiger partial charge in [-0.25, -0.2) is 0 Å². The van der Waals surface area contributed by atoms with Gasteiger partial charge in [-0.15, -0.1) is 0 Å². The highest BCUT2D eigenvalue weighted by atomic mass is 35.5. The van der Waals surface area contributed by atoms with Crippen LogP contribution >= 0.6 is 11.6 Å². The van der Waals surface area contributed by atoms with E-state index in [1.165, 1.54) is 6.07 Å². The molecule has 1 aliphatic carbocycles. The molecule has 0 unspecified atom stereocenters. The van der Waals surface area contributed by atoms with Crippen LogP contribution in [0.2, 0.25) is 5.02 Å². The van der Waals surface area contributed by atoms with Crippen LogP contribution < -0.4 is 14.8 Å². The van der Waals surface area contributed by atoms with E-state index in [1.54, 1.807) is 55.7 Å². The molecule has 6 nitrogen and oxygen atoms in total. The van der Waals surface area contributed by atoms with Gasteiger partial charge in [-0.05, 0) is 43.2 Å². The topological polar surface area (TPSA) is 84.9 Å². The van der Waals surface area contributed by atoms with Crippen LogP contribution in [0.25, 0.3) is 0 Å². The second-order valence-electron chi connectivity index (χ2n) is 6.88. The smallest absolute Gasteiger partial charge is 0.313 e. The fourth-order valence-electron chi connectivity index (χ4n) is 3.17. The maximum atomic E-state index is 12.8. The summed E-state index contributed by atoms with van der Waals surface area (Å²) in [7, 11) is 1.56. The first kappa shape index (κ1) is 21.5. The van der Waals surface area contributed by atoms with Gasteiger partial charge < -0.3 is 19.9 Å². The van der Waals surface area contributed by atoms with Crippen LogP contribution in [0.4, 0.5) is 0 Å². The number of ether oxygens (including phenoxy) is 2. The van der Waals surface area contributed by atoms with Crippen molar-refractivity contribution in [1.29, 1.82) is 0 Å². The number of amides is 1. The molecule has 0 saturated carbocycles. The second-order valence-corrected chi connectivity index (χ2v) is 7.32. The fraction of sp³-hybridized carbons (Fsp3) is 0.217. The molecule has 1 aliphatic rings. The van der Waals surface area contributed by atoms with Crippen molar-refractivity contribution in [1.82, 2.24) is 5.32 Å². The maximum absolute atomic E-state index is 12.8. The zero-order valence-electron chi connectivity index (χ0n) is 16.4. The molecular formula is C23H22ClNO5. The summed E-state index contributed by atoms with van der Waals surface area (Å²) >= 11 is 6.08. The Labute approximate surface area is 179 Å². The number of benzene rings is 2. The summed E-state index contributed by atoms with van der Waals surface area (Å²) < 4.78 is 11.1. The number of rotatable bonds is 8. The molecule has 7 heteroatoms. The summed E-state index contributed by atoms with van der Waals surface area (Å²) in [4.78, 5) is 24.5. The molecule has 0 aromatic heterocycles. The molecular weight excluding hydrogens is 406 g/mol. The monoisotopic (exact) mass is 427 g/mol. The lowest BCUT2D eigenvalue weighted by Crippen LogP contribution is -2.35. The molecule has 1 amide bonds. The first-order valence-electron chi connectivity index (χ1n) is 9.41. The Bertz CT molecular complexity index is 1000. The molecule has 1 atom stereocenters. The number of halogens is 1. The fourth-order valence-corrected chi connectivity index (χ4v) is 3.34. The molecule has 2 aromatic carbocycles.